The molecule has 0 saturated carbocycles. The third-order valence-corrected chi connectivity index (χ3v) is 7.22. The number of alkyl carbamates (subject to hydrolysis) is 1. The maximum atomic E-state index is 13.0. The summed E-state index contributed by atoms with van der Waals surface area (Å²) < 4.78 is 12.3. The Bertz CT molecular complexity index is 1340. The van der Waals surface area contributed by atoms with E-state index in [2.05, 4.69) is 52.2 Å². The molecule has 37 heavy (non-hydrogen) atoms. The largest absolute Gasteiger partial charge is 0.459 e. The molecular weight excluding hydrogens is 577 g/mol. The molecule has 1 atom stereocenters. The number of hydrogen-bond acceptors (Lipinski definition) is 4. The molecule has 0 heterocycles. The predicted molar refractivity (Wildman–Crippen MR) is 151 cm³/mol. The van der Waals surface area contributed by atoms with Gasteiger partial charge in [-0.15, -0.1) is 0 Å². The number of esters is 1. The van der Waals surface area contributed by atoms with Gasteiger partial charge in [-0.3, -0.25) is 0 Å². The lowest BCUT2D eigenvalue weighted by Crippen LogP contribution is -2.43. The van der Waals surface area contributed by atoms with Crippen molar-refractivity contribution in [3.63, 3.8) is 0 Å². The van der Waals surface area contributed by atoms with Crippen molar-refractivity contribution in [1.82, 2.24) is 5.32 Å². The highest BCUT2D eigenvalue weighted by Gasteiger charge is 2.30. The molecule has 0 unspecified atom stereocenters. The van der Waals surface area contributed by atoms with Gasteiger partial charge in [0.05, 0.1) is 0 Å². The Morgan fingerprint density at radius 1 is 0.730 bits per heavy atom. The Kier molecular flexibility index (Phi) is 7.84. The van der Waals surface area contributed by atoms with Gasteiger partial charge in [-0.05, 0) is 68.1 Å². The van der Waals surface area contributed by atoms with Crippen LogP contribution in [-0.4, -0.2) is 24.7 Å². The fourth-order valence-corrected chi connectivity index (χ4v) is 5.02. The van der Waals surface area contributed by atoms with Gasteiger partial charge in [0.25, 0.3) is 0 Å². The molecule has 0 saturated heterocycles. The highest BCUT2D eigenvalue weighted by atomic mass is 127. The number of amides is 1. The van der Waals surface area contributed by atoms with Crippen LogP contribution in [0, 0.1) is 3.57 Å². The average molecular weight is 603 g/mol. The van der Waals surface area contributed by atoms with Gasteiger partial charge in [0.1, 0.15) is 19.3 Å². The van der Waals surface area contributed by atoms with E-state index < -0.39 is 18.1 Å². The highest BCUT2D eigenvalue weighted by Crippen LogP contribution is 2.44. The third kappa shape index (κ3) is 6.02. The third-order valence-electron chi connectivity index (χ3n) is 6.50. The summed E-state index contributed by atoms with van der Waals surface area (Å²) in [6, 6.07) is 32.8. The zero-order chi connectivity index (χ0) is 25.6. The first kappa shape index (κ1) is 25.0. The maximum absolute atomic E-state index is 13.0. The van der Waals surface area contributed by atoms with Gasteiger partial charge in [0.15, 0.2) is 0 Å². The average Bonchev–Trinajstić information content (AvgIpc) is 3.25. The van der Waals surface area contributed by atoms with E-state index in [-0.39, 0.29) is 19.1 Å². The first-order valence-corrected chi connectivity index (χ1v) is 13.2. The van der Waals surface area contributed by atoms with E-state index in [9.17, 15) is 9.59 Å². The van der Waals surface area contributed by atoms with Crippen molar-refractivity contribution in [3.8, 4) is 11.1 Å². The van der Waals surface area contributed by atoms with Crippen LogP contribution in [0.4, 0.5) is 4.79 Å². The molecule has 5 nitrogen and oxygen atoms in total. The number of rotatable bonds is 8. The van der Waals surface area contributed by atoms with Gasteiger partial charge in [0.2, 0.25) is 0 Å². The first-order valence-electron chi connectivity index (χ1n) is 12.1. The molecule has 0 radical (unpaired) electrons. The summed E-state index contributed by atoms with van der Waals surface area (Å²) in [5.74, 6) is -0.561. The lowest BCUT2D eigenvalue weighted by Gasteiger charge is -2.19. The molecule has 1 N–H and O–H groups in total. The van der Waals surface area contributed by atoms with E-state index in [1.165, 1.54) is 0 Å². The first-order chi connectivity index (χ1) is 18.1. The predicted octanol–water partition coefficient (Wildman–Crippen LogP) is 6.48. The van der Waals surface area contributed by atoms with Crippen LogP contribution >= 0.6 is 22.6 Å². The Morgan fingerprint density at radius 2 is 1.32 bits per heavy atom. The van der Waals surface area contributed by atoms with Crippen molar-refractivity contribution in [3.05, 3.63) is 129 Å². The molecule has 0 aromatic heterocycles. The molecule has 6 heteroatoms. The van der Waals surface area contributed by atoms with E-state index in [1.807, 2.05) is 78.9 Å². The van der Waals surface area contributed by atoms with Gasteiger partial charge in [-0.2, -0.15) is 0 Å². The molecule has 0 bridgehead atoms. The number of ether oxygens (including phenoxy) is 2. The molecule has 4 aromatic carbocycles. The quantitative estimate of drug-likeness (QED) is 0.185. The number of benzene rings is 4. The van der Waals surface area contributed by atoms with Crippen LogP contribution in [0.5, 0.6) is 0 Å². The summed E-state index contributed by atoms with van der Waals surface area (Å²) in [5.41, 5.74) is 6.39. The number of fused-ring (bicyclic) bond motifs is 3. The fraction of sp³-hybridized carbons (Fsp3) is 0.161. The van der Waals surface area contributed by atoms with Gasteiger partial charge in [-0.1, -0.05) is 91.0 Å². The second-order valence-electron chi connectivity index (χ2n) is 8.95. The van der Waals surface area contributed by atoms with Gasteiger partial charge in [0, 0.05) is 15.9 Å². The van der Waals surface area contributed by atoms with Crippen LogP contribution in [-0.2, 0) is 27.3 Å². The van der Waals surface area contributed by atoms with E-state index in [1.54, 1.807) is 0 Å². The van der Waals surface area contributed by atoms with Crippen LogP contribution in [0.15, 0.2) is 103 Å². The Morgan fingerprint density at radius 3 is 1.97 bits per heavy atom. The standard InChI is InChI=1S/C31H26INO4/c32-23-16-14-21(15-17-23)18-29(30(34)36-19-22-8-2-1-3-9-22)33-31(35)37-20-28-26-12-6-4-10-24(26)25-11-5-7-13-27(25)28/h1-17,28-29H,18-20H2,(H,33,35)/t29-/m0/s1. The summed E-state index contributed by atoms with van der Waals surface area (Å²) in [7, 11) is 0. The maximum Gasteiger partial charge on any atom is 0.407 e. The zero-order valence-electron chi connectivity index (χ0n) is 20.1. The van der Waals surface area contributed by atoms with E-state index in [4.69, 9.17) is 9.47 Å². The van der Waals surface area contributed by atoms with Crippen molar-refractivity contribution >= 4 is 34.7 Å². The normalized spacial score (nSPS) is 12.8. The topological polar surface area (TPSA) is 64.6 Å². The Labute approximate surface area is 230 Å². The fourth-order valence-electron chi connectivity index (χ4n) is 4.66. The van der Waals surface area contributed by atoms with Crippen LogP contribution in [0.3, 0.4) is 0 Å². The number of carbonyl (C=O) groups is 2. The number of nitrogens with one attached hydrogen (secondary N) is 1. The SMILES string of the molecule is O=C(N[C@@H](Cc1ccc(I)cc1)C(=O)OCc1ccccc1)OCC1c2ccccc2-c2ccccc21. The van der Waals surface area contributed by atoms with E-state index in [0.717, 1.165) is 37.0 Å². The molecule has 0 fully saturated rings. The molecule has 1 aliphatic rings. The van der Waals surface area contributed by atoms with Crippen molar-refractivity contribution in [2.45, 2.75) is 25.0 Å². The van der Waals surface area contributed by atoms with E-state index in [0.29, 0.717) is 6.42 Å². The van der Waals surface area contributed by atoms with Crippen molar-refractivity contribution in [2.75, 3.05) is 6.61 Å². The van der Waals surface area contributed by atoms with Crippen LogP contribution < -0.4 is 5.32 Å². The lowest BCUT2D eigenvalue weighted by atomic mass is 9.98. The Balaban J connectivity index is 1.27. The molecule has 1 amide bonds. The second kappa shape index (κ2) is 11.6. The molecule has 0 aliphatic heterocycles. The van der Waals surface area contributed by atoms with Crippen molar-refractivity contribution < 1.29 is 19.1 Å². The van der Waals surface area contributed by atoms with Gasteiger partial charge < -0.3 is 14.8 Å². The number of hydrogen-bond donors (Lipinski definition) is 1. The second-order valence-corrected chi connectivity index (χ2v) is 10.2. The monoisotopic (exact) mass is 603 g/mol. The number of halogens is 1. The summed E-state index contributed by atoms with van der Waals surface area (Å²) in [4.78, 5) is 25.9. The zero-order valence-corrected chi connectivity index (χ0v) is 22.3. The minimum absolute atomic E-state index is 0.0576. The highest BCUT2D eigenvalue weighted by molar-refractivity contribution is 14.1. The van der Waals surface area contributed by atoms with Gasteiger partial charge in [-0.25, -0.2) is 9.59 Å². The van der Waals surface area contributed by atoms with Crippen LogP contribution in [0.2, 0.25) is 0 Å². The van der Waals surface area contributed by atoms with Crippen molar-refractivity contribution in [2.24, 2.45) is 0 Å². The van der Waals surface area contributed by atoms with Crippen LogP contribution in [0.1, 0.15) is 28.2 Å². The summed E-state index contributed by atoms with van der Waals surface area (Å²) in [6.07, 6.45) is -0.344. The van der Waals surface area contributed by atoms with Gasteiger partial charge >= 0.3 is 12.1 Å². The van der Waals surface area contributed by atoms with Crippen LogP contribution in [0.25, 0.3) is 11.1 Å². The molecule has 4 aromatic rings. The number of carbonyl (C=O) groups excluding carboxylic acids is 2. The smallest absolute Gasteiger partial charge is 0.407 e. The lowest BCUT2D eigenvalue weighted by molar-refractivity contribution is -0.147. The summed E-state index contributed by atoms with van der Waals surface area (Å²) in [5, 5.41) is 2.75. The molecule has 1 aliphatic carbocycles. The van der Waals surface area contributed by atoms with Crippen molar-refractivity contribution in [1.29, 1.82) is 0 Å². The molecule has 0 spiro atoms. The summed E-state index contributed by atoms with van der Waals surface area (Å²) in [6.45, 7) is 0.310. The molecule has 186 valence electrons. The molecule has 5 rings (SSSR count). The molecular formula is C31H26INO4. The Hall–Kier alpha value is -3.65. The minimum atomic E-state index is -0.876. The van der Waals surface area contributed by atoms with E-state index >= 15 is 0 Å². The summed E-state index contributed by atoms with van der Waals surface area (Å²) >= 11 is 2.23. The minimum Gasteiger partial charge on any atom is -0.459 e.